The molecule has 2 unspecified atom stereocenters. The van der Waals surface area contributed by atoms with Crippen molar-refractivity contribution in [1.29, 1.82) is 0 Å². The first-order valence-corrected chi connectivity index (χ1v) is 8.18. The Bertz CT molecular complexity index is 344. The number of hydrogen-bond donors (Lipinski definition) is 1. The Hall–Kier alpha value is -0.380. The molecule has 108 valence electrons. The zero-order valence-corrected chi connectivity index (χ0v) is 14.0. The smallest absolute Gasteiger partial charge is 0.0499 e. The van der Waals surface area contributed by atoms with Gasteiger partial charge in [0, 0.05) is 16.6 Å². The van der Waals surface area contributed by atoms with Crippen LogP contribution in [0.15, 0.2) is 28.7 Å². The minimum absolute atomic E-state index is 0.194. The Kier molecular flexibility index (Phi) is 7.66. The highest BCUT2D eigenvalue weighted by Gasteiger charge is 2.24. The second kappa shape index (κ2) is 8.72. The number of benzene rings is 1. The lowest BCUT2D eigenvalue weighted by Crippen LogP contribution is -2.41. The topological polar surface area (TPSA) is 29.3 Å². The minimum Gasteiger partial charge on any atom is -0.326 e. The monoisotopic (exact) mass is 326 g/mol. The Morgan fingerprint density at radius 3 is 2.00 bits per heavy atom. The van der Waals surface area contributed by atoms with Gasteiger partial charge in [0.2, 0.25) is 0 Å². The average Bonchev–Trinajstić information content (AvgIpc) is 2.41. The number of rotatable bonds is 8. The first-order chi connectivity index (χ1) is 9.13. The third-order valence-corrected chi connectivity index (χ3v) is 4.03. The number of halogens is 1. The van der Waals surface area contributed by atoms with E-state index in [0.29, 0.717) is 6.04 Å². The minimum atomic E-state index is 0.194. The third kappa shape index (κ3) is 4.90. The van der Waals surface area contributed by atoms with Crippen LogP contribution in [0.2, 0.25) is 0 Å². The fourth-order valence-electron chi connectivity index (χ4n) is 2.58. The average molecular weight is 327 g/mol. The molecule has 0 amide bonds. The fraction of sp³-hybridized carbons (Fsp3) is 0.625. The molecule has 0 aromatic heterocycles. The summed E-state index contributed by atoms with van der Waals surface area (Å²) in [7, 11) is 0. The third-order valence-electron chi connectivity index (χ3n) is 3.50. The van der Waals surface area contributed by atoms with E-state index in [4.69, 9.17) is 5.73 Å². The van der Waals surface area contributed by atoms with E-state index in [2.05, 4.69) is 65.9 Å². The first kappa shape index (κ1) is 16.7. The lowest BCUT2D eigenvalue weighted by Gasteiger charge is -2.35. The van der Waals surface area contributed by atoms with Crippen molar-refractivity contribution in [3.63, 3.8) is 0 Å². The Morgan fingerprint density at radius 1 is 1.05 bits per heavy atom. The van der Waals surface area contributed by atoms with Crippen LogP contribution in [-0.4, -0.2) is 24.0 Å². The van der Waals surface area contributed by atoms with Gasteiger partial charge < -0.3 is 5.73 Å². The van der Waals surface area contributed by atoms with Crippen molar-refractivity contribution < 1.29 is 0 Å². The molecule has 0 saturated heterocycles. The molecule has 1 aromatic rings. The van der Waals surface area contributed by atoms with E-state index in [1.165, 1.54) is 18.4 Å². The molecule has 0 aliphatic rings. The number of hydrogen-bond acceptors (Lipinski definition) is 2. The highest BCUT2D eigenvalue weighted by atomic mass is 79.9. The highest BCUT2D eigenvalue weighted by molar-refractivity contribution is 9.10. The molecule has 2 N–H and O–H groups in total. The molecule has 0 aliphatic heterocycles. The van der Waals surface area contributed by atoms with Crippen LogP contribution in [0.4, 0.5) is 0 Å². The summed E-state index contributed by atoms with van der Waals surface area (Å²) in [6, 6.07) is 9.14. The maximum absolute atomic E-state index is 6.40. The lowest BCUT2D eigenvalue weighted by molar-refractivity contribution is 0.169. The quantitative estimate of drug-likeness (QED) is 0.769. The SMILES string of the molecule is CCCN(CCC)C(c1ccc(Br)cc1)C(N)CC. The predicted octanol–water partition coefficient (Wildman–Crippen LogP) is 4.35. The van der Waals surface area contributed by atoms with Crippen LogP contribution in [0.1, 0.15) is 51.6 Å². The molecule has 0 fully saturated rings. The van der Waals surface area contributed by atoms with Gasteiger partial charge in [0.25, 0.3) is 0 Å². The molecule has 1 aromatic carbocycles. The van der Waals surface area contributed by atoms with Gasteiger partial charge >= 0.3 is 0 Å². The number of nitrogens with two attached hydrogens (primary N) is 1. The fourth-order valence-corrected chi connectivity index (χ4v) is 2.84. The van der Waals surface area contributed by atoms with Gasteiger partial charge in [0.05, 0.1) is 0 Å². The van der Waals surface area contributed by atoms with E-state index in [1.54, 1.807) is 0 Å². The van der Waals surface area contributed by atoms with Crippen molar-refractivity contribution in [1.82, 2.24) is 4.90 Å². The van der Waals surface area contributed by atoms with E-state index in [1.807, 2.05) is 0 Å². The van der Waals surface area contributed by atoms with Crippen LogP contribution in [0, 0.1) is 0 Å². The lowest BCUT2D eigenvalue weighted by atomic mass is 9.96. The molecule has 3 heteroatoms. The summed E-state index contributed by atoms with van der Waals surface area (Å²) in [5, 5.41) is 0. The van der Waals surface area contributed by atoms with E-state index in [0.717, 1.165) is 24.0 Å². The predicted molar refractivity (Wildman–Crippen MR) is 87.3 cm³/mol. The van der Waals surface area contributed by atoms with E-state index in [-0.39, 0.29) is 6.04 Å². The summed E-state index contributed by atoms with van der Waals surface area (Å²) in [6.45, 7) is 8.87. The normalized spacial score (nSPS) is 14.6. The summed E-state index contributed by atoms with van der Waals surface area (Å²) in [4.78, 5) is 2.54. The molecule has 2 atom stereocenters. The van der Waals surface area contributed by atoms with Crippen LogP contribution in [0.3, 0.4) is 0 Å². The van der Waals surface area contributed by atoms with Gasteiger partial charge in [-0.3, -0.25) is 4.90 Å². The van der Waals surface area contributed by atoms with Crippen molar-refractivity contribution in [3.8, 4) is 0 Å². The summed E-state index contributed by atoms with van der Waals surface area (Å²) < 4.78 is 1.12. The first-order valence-electron chi connectivity index (χ1n) is 7.39. The zero-order valence-electron chi connectivity index (χ0n) is 12.4. The van der Waals surface area contributed by atoms with Crippen LogP contribution in [0.5, 0.6) is 0 Å². The van der Waals surface area contributed by atoms with Gasteiger partial charge in [0.15, 0.2) is 0 Å². The van der Waals surface area contributed by atoms with Gasteiger partial charge in [-0.25, -0.2) is 0 Å². The van der Waals surface area contributed by atoms with Crippen LogP contribution >= 0.6 is 15.9 Å². The molecule has 2 nitrogen and oxygen atoms in total. The van der Waals surface area contributed by atoms with Crippen LogP contribution in [0.25, 0.3) is 0 Å². The van der Waals surface area contributed by atoms with Crippen molar-refractivity contribution in [2.75, 3.05) is 13.1 Å². The van der Waals surface area contributed by atoms with Crippen molar-refractivity contribution in [2.24, 2.45) is 5.73 Å². The molecule has 0 heterocycles. The Morgan fingerprint density at radius 2 is 1.58 bits per heavy atom. The molecular weight excluding hydrogens is 300 g/mol. The highest BCUT2D eigenvalue weighted by Crippen LogP contribution is 2.27. The Balaban J connectivity index is 3.00. The molecule has 1 rings (SSSR count). The Labute approximate surface area is 126 Å². The van der Waals surface area contributed by atoms with Crippen LogP contribution in [-0.2, 0) is 0 Å². The standard InChI is InChI=1S/C16H27BrN2/c1-4-11-19(12-5-2)16(15(18)6-3)13-7-9-14(17)10-8-13/h7-10,15-16H,4-6,11-12,18H2,1-3H3. The maximum Gasteiger partial charge on any atom is 0.0499 e. The van der Waals surface area contributed by atoms with Gasteiger partial charge in [0.1, 0.15) is 0 Å². The number of nitrogens with zero attached hydrogens (tertiary/aromatic N) is 1. The zero-order chi connectivity index (χ0) is 14.3. The van der Waals surface area contributed by atoms with Gasteiger partial charge in [-0.2, -0.15) is 0 Å². The molecule has 0 aliphatic carbocycles. The molecular formula is C16H27BrN2. The van der Waals surface area contributed by atoms with Crippen molar-refractivity contribution >= 4 is 15.9 Å². The molecule has 0 spiro atoms. The summed E-state index contributed by atoms with van der Waals surface area (Å²) in [5.41, 5.74) is 7.73. The summed E-state index contributed by atoms with van der Waals surface area (Å²) >= 11 is 3.50. The maximum atomic E-state index is 6.40. The summed E-state index contributed by atoms with van der Waals surface area (Å²) in [6.07, 6.45) is 3.34. The van der Waals surface area contributed by atoms with Crippen molar-refractivity contribution in [2.45, 2.75) is 52.1 Å². The van der Waals surface area contributed by atoms with E-state index < -0.39 is 0 Å². The molecule has 19 heavy (non-hydrogen) atoms. The molecule has 0 bridgehead atoms. The van der Waals surface area contributed by atoms with Gasteiger partial charge in [-0.15, -0.1) is 0 Å². The van der Waals surface area contributed by atoms with E-state index in [9.17, 15) is 0 Å². The van der Waals surface area contributed by atoms with Gasteiger partial charge in [-0.1, -0.05) is 48.8 Å². The molecule has 0 saturated carbocycles. The second-order valence-electron chi connectivity index (χ2n) is 5.10. The summed E-state index contributed by atoms with van der Waals surface area (Å²) in [5.74, 6) is 0. The molecule has 0 radical (unpaired) electrons. The van der Waals surface area contributed by atoms with E-state index >= 15 is 0 Å². The van der Waals surface area contributed by atoms with Gasteiger partial charge in [-0.05, 0) is 50.0 Å². The van der Waals surface area contributed by atoms with Crippen LogP contribution < -0.4 is 5.73 Å². The largest absolute Gasteiger partial charge is 0.326 e. The van der Waals surface area contributed by atoms with Crippen molar-refractivity contribution in [3.05, 3.63) is 34.3 Å². The second-order valence-corrected chi connectivity index (χ2v) is 6.02.